The second-order valence-corrected chi connectivity index (χ2v) is 4.32. The van der Waals surface area contributed by atoms with Gasteiger partial charge in [0, 0.05) is 0 Å². The van der Waals surface area contributed by atoms with Gasteiger partial charge in [-0.25, -0.2) is 0 Å². The minimum atomic E-state index is -0.991. The molecule has 15 heavy (non-hydrogen) atoms. The van der Waals surface area contributed by atoms with Crippen molar-refractivity contribution in [1.29, 1.82) is 0 Å². The Bertz CT molecular complexity index is 319. The average Bonchev–Trinajstić information content (AvgIpc) is 2.18. The maximum Gasteiger partial charge on any atom is 0.263 e. The van der Waals surface area contributed by atoms with Crippen molar-refractivity contribution in [1.82, 2.24) is 5.32 Å². The summed E-state index contributed by atoms with van der Waals surface area (Å²) in [5.74, 6) is -0.405. The van der Waals surface area contributed by atoms with E-state index >= 15 is 0 Å². The molecule has 0 radical (unpaired) electrons. The molecule has 1 unspecified atom stereocenters. The van der Waals surface area contributed by atoms with Crippen LogP contribution in [0.1, 0.15) is 33.6 Å². The van der Waals surface area contributed by atoms with Crippen LogP contribution in [0.4, 0.5) is 0 Å². The second-order valence-electron chi connectivity index (χ2n) is 3.66. The largest absolute Gasteiger partial charge is 0.312 e. The van der Waals surface area contributed by atoms with Crippen LogP contribution in [0.5, 0.6) is 0 Å². The molecule has 1 atom stereocenters. The molecule has 1 aliphatic heterocycles. The zero-order valence-corrected chi connectivity index (χ0v) is 9.89. The summed E-state index contributed by atoms with van der Waals surface area (Å²) in [6.45, 7) is 5.29. The van der Waals surface area contributed by atoms with E-state index in [0.29, 0.717) is 12.8 Å². The first-order valence-electron chi connectivity index (χ1n) is 5.06. The van der Waals surface area contributed by atoms with E-state index in [1.54, 1.807) is 6.92 Å². The molecule has 1 rings (SSSR count). The van der Waals surface area contributed by atoms with Crippen LogP contribution >= 0.6 is 11.6 Å². The molecular weight excluding hydrogens is 216 g/mol. The fourth-order valence-electron chi connectivity index (χ4n) is 1.64. The Hall–Kier alpha value is -0.900. The molecule has 0 saturated heterocycles. The van der Waals surface area contributed by atoms with Gasteiger partial charge < -0.3 is 5.32 Å². The standard InChI is InChI=1S/C10H15ClN2O2/c1-4-10(5-2)8(14)12-7(6(3)11)13-9(10)15/h6H,4-5H2,1-3H3,(H,12,13,14,15). The van der Waals surface area contributed by atoms with Crippen molar-refractivity contribution in [2.75, 3.05) is 0 Å². The van der Waals surface area contributed by atoms with E-state index in [0.717, 1.165) is 0 Å². The highest BCUT2D eigenvalue weighted by molar-refractivity contribution is 6.35. The molecule has 0 aromatic carbocycles. The first-order chi connectivity index (χ1) is 6.97. The summed E-state index contributed by atoms with van der Waals surface area (Å²) >= 11 is 5.77. The normalized spacial score (nSPS) is 22.0. The number of hydrogen-bond acceptors (Lipinski definition) is 2. The van der Waals surface area contributed by atoms with Gasteiger partial charge in [0.15, 0.2) is 0 Å². The molecule has 1 heterocycles. The van der Waals surface area contributed by atoms with Crippen molar-refractivity contribution in [2.24, 2.45) is 10.4 Å². The Morgan fingerprint density at radius 2 is 1.93 bits per heavy atom. The Labute approximate surface area is 94.1 Å². The highest BCUT2D eigenvalue weighted by Crippen LogP contribution is 2.30. The van der Waals surface area contributed by atoms with Gasteiger partial charge in [0.05, 0.1) is 5.38 Å². The number of alkyl halides is 1. The fraction of sp³-hybridized carbons (Fsp3) is 0.700. The van der Waals surface area contributed by atoms with Crippen molar-refractivity contribution >= 4 is 29.3 Å². The highest BCUT2D eigenvalue weighted by Gasteiger charge is 2.46. The zero-order valence-electron chi connectivity index (χ0n) is 9.13. The maximum absolute atomic E-state index is 11.8. The fourth-order valence-corrected chi connectivity index (χ4v) is 1.74. The van der Waals surface area contributed by atoms with Crippen molar-refractivity contribution < 1.29 is 9.59 Å². The van der Waals surface area contributed by atoms with Gasteiger partial charge in [-0.1, -0.05) is 13.8 Å². The number of nitrogens with zero attached hydrogens (tertiary/aromatic N) is 1. The molecule has 0 aromatic heterocycles. The van der Waals surface area contributed by atoms with Crippen LogP contribution in [0.15, 0.2) is 4.99 Å². The van der Waals surface area contributed by atoms with Gasteiger partial charge in [0.25, 0.3) is 5.91 Å². The summed E-state index contributed by atoms with van der Waals surface area (Å²) in [7, 11) is 0. The summed E-state index contributed by atoms with van der Waals surface area (Å²) in [5.41, 5.74) is -0.991. The van der Waals surface area contributed by atoms with E-state index in [2.05, 4.69) is 10.3 Å². The van der Waals surface area contributed by atoms with E-state index in [-0.39, 0.29) is 17.6 Å². The molecule has 0 fully saturated rings. The van der Waals surface area contributed by atoms with Gasteiger partial charge in [0.1, 0.15) is 11.3 Å². The van der Waals surface area contributed by atoms with Crippen molar-refractivity contribution in [3.8, 4) is 0 Å². The lowest BCUT2D eigenvalue weighted by Crippen LogP contribution is -2.53. The van der Waals surface area contributed by atoms with Crippen LogP contribution < -0.4 is 5.32 Å². The highest BCUT2D eigenvalue weighted by atomic mass is 35.5. The smallest absolute Gasteiger partial charge is 0.263 e. The van der Waals surface area contributed by atoms with Crippen molar-refractivity contribution in [3.05, 3.63) is 0 Å². The van der Waals surface area contributed by atoms with Gasteiger partial charge in [0.2, 0.25) is 5.91 Å². The van der Waals surface area contributed by atoms with E-state index in [1.807, 2.05) is 13.8 Å². The summed E-state index contributed by atoms with van der Waals surface area (Å²) < 4.78 is 0. The minimum Gasteiger partial charge on any atom is -0.312 e. The number of halogens is 1. The van der Waals surface area contributed by atoms with Crippen LogP contribution in [-0.4, -0.2) is 23.0 Å². The molecule has 84 valence electrons. The molecule has 4 nitrogen and oxygen atoms in total. The Kier molecular flexibility index (Phi) is 3.50. The SMILES string of the molecule is CCC1(CC)C(=O)N=C(C(C)Cl)NC1=O. The summed E-state index contributed by atoms with van der Waals surface area (Å²) in [6.07, 6.45) is 0.920. The third-order valence-corrected chi connectivity index (χ3v) is 3.10. The van der Waals surface area contributed by atoms with Crippen molar-refractivity contribution in [3.63, 3.8) is 0 Å². The Morgan fingerprint density at radius 3 is 2.27 bits per heavy atom. The topological polar surface area (TPSA) is 58.5 Å². The molecule has 0 spiro atoms. The van der Waals surface area contributed by atoms with Crippen LogP contribution in [0, 0.1) is 5.41 Å². The number of hydrogen-bond donors (Lipinski definition) is 1. The van der Waals surface area contributed by atoms with Crippen LogP contribution in [0.3, 0.4) is 0 Å². The van der Waals surface area contributed by atoms with Crippen molar-refractivity contribution in [2.45, 2.75) is 39.0 Å². The number of amidine groups is 1. The average molecular weight is 231 g/mol. The third-order valence-electron chi connectivity index (χ3n) is 2.89. The van der Waals surface area contributed by atoms with Crippen LogP contribution in [0.2, 0.25) is 0 Å². The minimum absolute atomic E-state index is 0.254. The quantitative estimate of drug-likeness (QED) is 0.590. The maximum atomic E-state index is 11.8. The Balaban J connectivity index is 3.10. The molecule has 0 bridgehead atoms. The molecule has 0 saturated carbocycles. The number of nitrogens with one attached hydrogen (secondary N) is 1. The van der Waals surface area contributed by atoms with E-state index in [4.69, 9.17) is 11.6 Å². The molecule has 1 aliphatic rings. The summed E-state index contributed by atoms with van der Waals surface area (Å²) in [4.78, 5) is 27.5. The predicted octanol–water partition coefficient (Wildman–Crippen LogP) is 1.47. The second kappa shape index (κ2) is 4.31. The number of amides is 2. The molecule has 5 heteroatoms. The third kappa shape index (κ3) is 1.91. The first kappa shape index (κ1) is 12.2. The van der Waals surface area contributed by atoms with Crippen LogP contribution in [-0.2, 0) is 9.59 Å². The molecule has 0 aliphatic carbocycles. The van der Waals surface area contributed by atoms with E-state index < -0.39 is 10.8 Å². The summed E-state index contributed by atoms with van der Waals surface area (Å²) in [5, 5.41) is 2.14. The lowest BCUT2D eigenvalue weighted by Gasteiger charge is -2.31. The van der Waals surface area contributed by atoms with Gasteiger partial charge >= 0.3 is 0 Å². The molecular formula is C10H15ClN2O2. The van der Waals surface area contributed by atoms with Gasteiger partial charge in [-0.2, -0.15) is 4.99 Å². The van der Waals surface area contributed by atoms with Crippen LogP contribution in [0.25, 0.3) is 0 Å². The van der Waals surface area contributed by atoms with Gasteiger partial charge in [-0.15, -0.1) is 11.6 Å². The number of aliphatic imine (C=N–C) groups is 1. The van der Waals surface area contributed by atoms with Gasteiger partial charge in [-0.3, -0.25) is 9.59 Å². The monoisotopic (exact) mass is 230 g/mol. The molecule has 2 amide bonds. The predicted molar refractivity (Wildman–Crippen MR) is 58.9 cm³/mol. The number of rotatable bonds is 3. The number of carbonyl (C=O) groups is 2. The lowest BCUT2D eigenvalue weighted by atomic mass is 9.79. The Morgan fingerprint density at radius 1 is 1.40 bits per heavy atom. The van der Waals surface area contributed by atoms with E-state index in [1.165, 1.54) is 0 Å². The van der Waals surface area contributed by atoms with E-state index in [9.17, 15) is 9.59 Å². The molecule has 1 N–H and O–H groups in total. The summed E-state index contributed by atoms with van der Waals surface area (Å²) in [6, 6.07) is 0. The first-order valence-corrected chi connectivity index (χ1v) is 5.50. The molecule has 0 aromatic rings. The van der Waals surface area contributed by atoms with Gasteiger partial charge in [-0.05, 0) is 19.8 Å². The zero-order chi connectivity index (χ0) is 11.6. The lowest BCUT2D eigenvalue weighted by molar-refractivity contribution is -0.142. The number of carbonyl (C=O) groups excluding carboxylic acids is 2.